The highest BCUT2D eigenvalue weighted by atomic mass is 16.3. The van der Waals surface area contributed by atoms with Crippen molar-refractivity contribution in [1.29, 1.82) is 0 Å². The van der Waals surface area contributed by atoms with E-state index in [-0.39, 0.29) is 17.0 Å². The highest BCUT2D eigenvalue weighted by molar-refractivity contribution is 5.94. The molecule has 0 aliphatic carbocycles. The maximum Gasteiger partial charge on any atom is 0.224 e. The average Bonchev–Trinajstić information content (AvgIpc) is 2.15. The number of hydrogen-bond acceptors (Lipinski definition) is 2. The van der Waals surface area contributed by atoms with E-state index in [9.17, 15) is 9.90 Å². The van der Waals surface area contributed by atoms with Gasteiger partial charge < -0.3 is 10.4 Å². The fourth-order valence-electron chi connectivity index (χ4n) is 1.02. The zero-order chi connectivity index (χ0) is 12.1. The lowest BCUT2D eigenvalue weighted by molar-refractivity contribution is -0.116. The number of phenols is 1. The SMILES string of the molecule is [2H]C1([2H])C(=O)Nc2cc(O)ccc2C1([2H])[2H]. The maximum atomic E-state index is 11.4. The predicted octanol–water partition coefficient (Wildman–Crippen LogP) is 1.28. The average molecular weight is 167 g/mol. The molecule has 0 fully saturated rings. The minimum absolute atomic E-state index is 0.0231. The summed E-state index contributed by atoms with van der Waals surface area (Å²) in [5.74, 6) is -1.16. The van der Waals surface area contributed by atoms with Crippen molar-refractivity contribution in [3.63, 3.8) is 0 Å². The molecule has 0 spiro atoms. The van der Waals surface area contributed by atoms with Crippen LogP contribution in [0.25, 0.3) is 0 Å². The van der Waals surface area contributed by atoms with Crippen molar-refractivity contribution in [2.75, 3.05) is 5.32 Å². The molecule has 2 N–H and O–H groups in total. The lowest BCUT2D eigenvalue weighted by Gasteiger charge is -2.16. The summed E-state index contributed by atoms with van der Waals surface area (Å²) >= 11 is 0. The molecule has 1 aromatic carbocycles. The van der Waals surface area contributed by atoms with E-state index in [2.05, 4.69) is 5.32 Å². The van der Waals surface area contributed by atoms with E-state index in [1.54, 1.807) is 0 Å². The van der Waals surface area contributed by atoms with E-state index in [1.165, 1.54) is 18.2 Å². The number of phenolic OH excluding ortho intramolecular Hbond substituents is 1. The third-order valence-electron chi connectivity index (χ3n) is 1.56. The van der Waals surface area contributed by atoms with Crippen LogP contribution in [0.15, 0.2) is 18.2 Å². The Morgan fingerprint density at radius 1 is 1.50 bits per heavy atom. The largest absolute Gasteiger partial charge is 0.508 e. The van der Waals surface area contributed by atoms with Crippen molar-refractivity contribution in [3.05, 3.63) is 23.8 Å². The molecule has 3 heteroatoms. The van der Waals surface area contributed by atoms with Crippen LogP contribution in [0.5, 0.6) is 5.75 Å². The Balaban J connectivity index is 2.67. The van der Waals surface area contributed by atoms with E-state index in [1.807, 2.05) is 0 Å². The van der Waals surface area contributed by atoms with Crippen molar-refractivity contribution in [2.24, 2.45) is 0 Å². The molecule has 62 valence electrons. The molecule has 2 rings (SSSR count). The molecule has 0 radical (unpaired) electrons. The Morgan fingerprint density at radius 3 is 3.17 bits per heavy atom. The summed E-state index contributed by atoms with van der Waals surface area (Å²) in [7, 11) is 0. The van der Waals surface area contributed by atoms with Crippen LogP contribution in [0.1, 0.15) is 17.4 Å². The van der Waals surface area contributed by atoms with Gasteiger partial charge in [0.15, 0.2) is 0 Å². The van der Waals surface area contributed by atoms with Crippen LogP contribution in [-0.4, -0.2) is 11.0 Å². The molecule has 1 aliphatic heterocycles. The van der Waals surface area contributed by atoms with Crippen LogP contribution in [-0.2, 0) is 11.2 Å². The molecule has 1 aliphatic rings. The zero-order valence-corrected chi connectivity index (χ0v) is 6.09. The van der Waals surface area contributed by atoms with Crippen LogP contribution in [0.2, 0.25) is 0 Å². The summed E-state index contributed by atoms with van der Waals surface area (Å²) in [5, 5.41) is 11.4. The molecule has 0 unspecified atom stereocenters. The molecule has 12 heavy (non-hydrogen) atoms. The van der Waals surface area contributed by atoms with E-state index >= 15 is 0 Å². The highest BCUT2D eigenvalue weighted by Crippen LogP contribution is 2.25. The van der Waals surface area contributed by atoms with Gasteiger partial charge in [0.25, 0.3) is 0 Å². The molecule has 1 amide bonds. The molecule has 0 saturated heterocycles. The van der Waals surface area contributed by atoms with Gasteiger partial charge in [0.1, 0.15) is 5.75 Å². The monoisotopic (exact) mass is 167 g/mol. The summed E-state index contributed by atoms with van der Waals surface area (Å²) in [6.07, 6.45) is -5.05. The van der Waals surface area contributed by atoms with Gasteiger partial charge in [0.05, 0.1) is 0 Å². The van der Waals surface area contributed by atoms with Gasteiger partial charge in [-0.05, 0) is 18.0 Å². The van der Waals surface area contributed by atoms with Gasteiger partial charge in [0.2, 0.25) is 5.91 Å². The number of rotatable bonds is 0. The molecular weight excluding hydrogens is 154 g/mol. The molecular formula is C9H9NO2. The van der Waals surface area contributed by atoms with Gasteiger partial charge in [0, 0.05) is 23.6 Å². The number of carbonyl (C=O) groups is 1. The van der Waals surface area contributed by atoms with Crippen LogP contribution in [0, 0.1) is 0 Å². The summed E-state index contributed by atoms with van der Waals surface area (Å²) in [5.41, 5.74) is 0.125. The normalized spacial score (nSPS) is 28.5. The Bertz CT molecular complexity index is 473. The number of fused-ring (bicyclic) bond motifs is 1. The summed E-state index contributed by atoms with van der Waals surface area (Å²) in [6.45, 7) is 0. The van der Waals surface area contributed by atoms with Gasteiger partial charge in [-0.2, -0.15) is 0 Å². The maximum absolute atomic E-state index is 11.4. The van der Waals surface area contributed by atoms with E-state index in [4.69, 9.17) is 5.48 Å². The summed E-state index contributed by atoms with van der Waals surface area (Å²) in [4.78, 5) is 11.4. The lowest BCUT2D eigenvalue weighted by atomic mass is 10.0. The molecule has 0 aromatic heterocycles. The van der Waals surface area contributed by atoms with Crippen LogP contribution in [0.3, 0.4) is 0 Å². The number of aryl methyl sites for hydroxylation is 1. The Morgan fingerprint density at radius 2 is 2.33 bits per heavy atom. The van der Waals surface area contributed by atoms with Crippen LogP contribution in [0.4, 0.5) is 5.69 Å². The number of benzene rings is 1. The molecule has 0 bridgehead atoms. The number of carbonyl (C=O) groups excluding carboxylic acids is 1. The van der Waals surface area contributed by atoms with Crippen LogP contribution < -0.4 is 5.32 Å². The predicted molar refractivity (Wildman–Crippen MR) is 45.1 cm³/mol. The second kappa shape index (κ2) is 2.52. The number of anilines is 1. The van der Waals surface area contributed by atoms with Crippen molar-refractivity contribution >= 4 is 11.6 Å². The topological polar surface area (TPSA) is 49.3 Å². The molecule has 1 heterocycles. The third-order valence-corrected chi connectivity index (χ3v) is 1.56. The van der Waals surface area contributed by atoms with Crippen molar-refractivity contribution in [2.45, 2.75) is 12.7 Å². The first kappa shape index (κ1) is 3.94. The second-order valence-corrected chi connectivity index (χ2v) is 2.43. The smallest absolute Gasteiger partial charge is 0.224 e. The zero-order valence-electron chi connectivity index (χ0n) is 10.1. The van der Waals surface area contributed by atoms with Gasteiger partial charge in [-0.3, -0.25) is 4.79 Å². The first-order chi connectivity index (χ1) is 7.26. The van der Waals surface area contributed by atoms with Crippen LogP contribution >= 0.6 is 0 Å². The summed E-state index contributed by atoms with van der Waals surface area (Å²) < 4.78 is 30.2. The first-order valence-electron chi connectivity index (χ1n) is 5.42. The van der Waals surface area contributed by atoms with Gasteiger partial charge in [-0.25, -0.2) is 0 Å². The number of amides is 1. The standard InChI is InChI=1S/C9H9NO2/c11-7-3-1-6-2-4-9(12)10-8(6)5-7/h1,3,5,11H,2,4H2,(H,10,12)/i2D2,4D2. The Hall–Kier alpha value is -1.51. The second-order valence-electron chi connectivity index (χ2n) is 2.43. The Kier molecular flexibility index (Phi) is 0.825. The molecule has 3 nitrogen and oxygen atoms in total. The van der Waals surface area contributed by atoms with E-state index in [0.29, 0.717) is 0 Å². The van der Waals surface area contributed by atoms with Gasteiger partial charge >= 0.3 is 0 Å². The third kappa shape index (κ3) is 1.13. The van der Waals surface area contributed by atoms with E-state index in [0.717, 1.165) is 0 Å². The minimum Gasteiger partial charge on any atom is -0.508 e. The van der Waals surface area contributed by atoms with Gasteiger partial charge in [-0.15, -0.1) is 0 Å². The fourth-order valence-corrected chi connectivity index (χ4v) is 1.02. The van der Waals surface area contributed by atoms with Crippen molar-refractivity contribution in [1.82, 2.24) is 0 Å². The summed E-state index contributed by atoms with van der Waals surface area (Å²) in [6, 6.07) is 3.71. The van der Waals surface area contributed by atoms with Crippen molar-refractivity contribution < 1.29 is 15.4 Å². The first-order valence-corrected chi connectivity index (χ1v) is 3.42. The lowest BCUT2D eigenvalue weighted by Crippen LogP contribution is -2.18. The van der Waals surface area contributed by atoms with Gasteiger partial charge in [-0.1, -0.05) is 6.07 Å². The quantitative estimate of drug-likeness (QED) is 0.611. The van der Waals surface area contributed by atoms with E-state index < -0.39 is 18.7 Å². The highest BCUT2D eigenvalue weighted by Gasteiger charge is 2.14. The minimum atomic E-state index is -2.63. The number of nitrogens with one attached hydrogen (secondary N) is 1. The number of hydrogen-bond donors (Lipinski definition) is 2. The van der Waals surface area contributed by atoms with Crippen molar-refractivity contribution in [3.8, 4) is 5.75 Å². The molecule has 0 atom stereocenters. The fraction of sp³-hybridized carbons (Fsp3) is 0.222. The molecule has 0 saturated carbocycles. The number of aromatic hydroxyl groups is 1. The molecule has 1 aromatic rings. The Labute approximate surface area is 75.6 Å².